The fourth-order valence-corrected chi connectivity index (χ4v) is 9.28. The van der Waals surface area contributed by atoms with Crippen LogP contribution in [0.25, 0.3) is 0 Å². The summed E-state index contributed by atoms with van der Waals surface area (Å²) in [7, 11) is -1.80. The topological polar surface area (TPSA) is 64.6 Å². The number of unbranched alkanes of at least 4 members (excludes halogenated alkanes) is 12. The van der Waals surface area contributed by atoms with Crippen molar-refractivity contribution in [2.45, 2.75) is 96.4 Å². The lowest BCUT2D eigenvalue weighted by Crippen LogP contribution is -2.31. The van der Waals surface area contributed by atoms with Gasteiger partial charge in [0.05, 0.1) is 0 Å². The molecule has 14 heteroatoms. The summed E-state index contributed by atoms with van der Waals surface area (Å²) >= 11 is 0. The summed E-state index contributed by atoms with van der Waals surface area (Å²) < 4.78 is 37.7. The van der Waals surface area contributed by atoms with Crippen molar-refractivity contribution >= 4 is 69.3 Å². The number of rotatable bonds is 14. The molecule has 1 aliphatic rings. The Morgan fingerprint density at radius 2 is 0.793 bits per heavy atom. The zero-order valence-electron chi connectivity index (χ0n) is 17.3. The zero-order valence-corrected chi connectivity index (χ0v) is 24.3. The highest BCUT2D eigenvalue weighted by Crippen LogP contribution is 2.14. The molecule has 0 aromatic heterocycles. The van der Waals surface area contributed by atoms with Gasteiger partial charge in [0.15, 0.2) is 0 Å². The van der Waals surface area contributed by atoms with E-state index in [1.54, 1.807) is 0 Å². The van der Waals surface area contributed by atoms with Gasteiger partial charge in [-0.1, -0.05) is 90.4 Å². The summed E-state index contributed by atoms with van der Waals surface area (Å²) in [6.45, 7) is 2.28. The van der Waals surface area contributed by atoms with E-state index >= 15 is 0 Å². The lowest BCUT2D eigenvalue weighted by molar-refractivity contribution is 0.335. The lowest BCUT2D eigenvalue weighted by atomic mass is 10.1. The molecular weight excluding hydrogens is 489 g/mol. The van der Waals surface area contributed by atoms with Gasteiger partial charge in [-0.3, -0.25) is 0 Å². The van der Waals surface area contributed by atoms with Crippen LogP contribution in [0, 0.1) is 0 Å². The highest BCUT2D eigenvalue weighted by atomic mass is 28.4. The van der Waals surface area contributed by atoms with Gasteiger partial charge in [0, 0.05) is 0 Å². The Morgan fingerprint density at radius 1 is 0.448 bits per heavy atom. The summed E-state index contributed by atoms with van der Waals surface area (Å²) in [6, 6.07) is 0.954. The third-order valence-electron chi connectivity index (χ3n) is 4.21. The van der Waals surface area contributed by atoms with Crippen LogP contribution in [0.15, 0.2) is 0 Å². The highest BCUT2D eigenvalue weighted by Gasteiger charge is 2.18. The van der Waals surface area contributed by atoms with E-state index in [2.05, 4.69) is 6.92 Å². The molecule has 0 bridgehead atoms. The predicted octanol–water partition coefficient (Wildman–Crippen LogP) is 2.90. The molecule has 0 unspecified atom stereocenters. The van der Waals surface area contributed by atoms with Crippen molar-refractivity contribution in [1.29, 1.82) is 0 Å². The Bertz CT molecular complexity index is 323. The zero-order chi connectivity index (χ0) is 20.7. The van der Waals surface area contributed by atoms with Gasteiger partial charge in [-0.25, -0.2) is 0 Å². The minimum Gasteiger partial charge on any atom is -0.413 e. The maximum Gasteiger partial charge on any atom is 0.412 e. The van der Waals surface area contributed by atoms with Crippen molar-refractivity contribution in [3.05, 3.63) is 0 Å². The van der Waals surface area contributed by atoms with Crippen LogP contribution in [0.3, 0.4) is 0 Å². The molecule has 1 saturated heterocycles. The Hall–Kier alpha value is 1.24. The Morgan fingerprint density at radius 3 is 1.21 bits per heavy atom. The van der Waals surface area contributed by atoms with Crippen LogP contribution in [-0.4, -0.2) is 69.3 Å². The first kappa shape index (κ1) is 28.3. The van der Waals surface area contributed by atoms with Gasteiger partial charge in [0.1, 0.15) is 0 Å². The second-order valence-electron chi connectivity index (χ2n) is 6.58. The van der Waals surface area contributed by atoms with Gasteiger partial charge in [-0.05, 0) is 6.04 Å². The van der Waals surface area contributed by atoms with E-state index in [0.717, 1.165) is 12.5 Å². The largest absolute Gasteiger partial charge is 0.413 e. The fourth-order valence-electron chi connectivity index (χ4n) is 2.71. The lowest BCUT2D eigenvalue weighted by Gasteiger charge is -2.14. The van der Waals surface area contributed by atoms with E-state index in [1.165, 1.54) is 77.0 Å². The molecule has 0 aliphatic carbocycles. The molecule has 1 fully saturated rings. The molecule has 0 spiro atoms. The standard InChI is InChI=1S/C15H31O7Si7/c1-2-3-4-5-6-7-8-9-10-11-12-13-14-15-29-21-27-19-25-17-23-16-24-18-26-20-28-22-29/h2-15H2,1H3. The van der Waals surface area contributed by atoms with Crippen molar-refractivity contribution in [3.8, 4) is 0 Å². The number of hydrogen-bond donors (Lipinski definition) is 0. The maximum absolute atomic E-state index is 5.76. The van der Waals surface area contributed by atoms with Crippen LogP contribution < -0.4 is 0 Å². The summed E-state index contributed by atoms with van der Waals surface area (Å²) in [6.07, 6.45) is 17.6. The third kappa shape index (κ3) is 20.9. The Balaban J connectivity index is 1.94. The maximum atomic E-state index is 5.76. The molecular formula is C15H31O7Si7. The molecule has 13 radical (unpaired) electrons. The van der Waals surface area contributed by atoms with Crippen LogP contribution in [0.2, 0.25) is 6.04 Å². The molecule has 1 heterocycles. The van der Waals surface area contributed by atoms with Gasteiger partial charge < -0.3 is 28.8 Å². The van der Waals surface area contributed by atoms with Gasteiger partial charge in [0.2, 0.25) is 0 Å². The smallest absolute Gasteiger partial charge is 0.412 e. The molecule has 0 saturated carbocycles. The summed E-state index contributed by atoms with van der Waals surface area (Å²) in [5.41, 5.74) is 0. The Kier molecular flexibility index (Phi) is 23.3. The molecule has 0 aromatic rings. The van der Waals surface area contributed by atoms with E-state index in [1.807, 2.05) is 0 Å². The van der Waals surface area contributed by atoms with Crippen molar-refractivity contribution in [2.75, 3.05) is 0 Å². The molecule has 0 amide bonds. The average molecular weight is 520 g/mol. The molecule has 7 nitrogen and oxygen atoms in total. The molecule has 161 valence electrons. The molecule has 0 aromatic carbocycles. The number of hydrogen-bond acceptors (Lipinski definition) is 7. The van der Waals surface area contributed by atoms with E-state index in [4.69, 9.17) is 28.8 Å². The van der Waals surface area contributed by atoms with Gasteiger partial charge >= 0.3 is 69.3 Å². The van der Waals surface area contributed by atoms with Crippen molar-refractivity contribution in [3.63, 3.8) is 0 Å². The van der Waals surface area contributed by atoms with Crippen molar-refractivity contribution < 1.29 is 28.8 Å². The summed E-state index contributed by atoms with van der Waals surface area (Å²) in [4.78, 5) is 0. The first-order chi connectivity index (χ1) is 14.4. The molecule has 0 atom stereocenters. The third-order valence-corrected chi connectivity index (χ3v) is 10.8. The van der Waals surface area contributed by atoms with Gasteiger partial charge in [0.25, 0.3) is 0 Å². The normalized spacial score (nSPS) is 18.5. The summed E-state index contributed by atoms with van der Waals surface area (Å²) in [5.74, 6) is 0. The second-order valence-corrected chi connectivity index (χ2v) is 14.5. The monoisotopic (exact) mass is 519 g/mol. The SMILES string of the molecule is CCCCCCCCCCCCCCC[Si]1O[Si]O[Si]O[Si]O[Si]O[Si]O[Si]O1. The van der Waals surface area contributed by atoms with E-state index in [0.29, 0.717) is 0 Å². The van der Waals surface area contributed by atoms with Crippen LogP contribution in [0.4, 0.5) is 0 Å². The average Bonchev–Trinajstić information content (AvgIpc) is 2.73. The van der Waals surface area contributed by atoms with Crippen LogP contribution in [0.1, 0.15) is 90.4 Å². The quantitative estimate of drug-likeness (QED) is 0.258. The van der Waals surface area contributed by atoms with Gasteiger partial charge in [-0.2, -0.15) is 0 Å². The predicted molar refractivity (Wildman–Crippen MR) is 118 cm³/mol. The summed E-state index contributed by atoms with van der Waals surface area (Å²) in [5, 5.41) is 0. The van der Waals surface area contributed by atoms with E-state index in [9.17, 15) is 0 Å². The van der Waals surface area contributed by atoms with Gasteiger partial charge in [-0.15, -0.1) is 0 Å². The molecule has 29 heavy (non-hydrogen) atoms. The van der Waals surface area contributed by atoms with Crippen molar-refractivity contribution in [1.82, 2.24) is 0 Å². The van der Waals surface area contributed by atoms with E-state index in [-0.39, 0.29) is 60.0 Å². The highest BCUT2D eigenvalue weighted by molar-refractivity contribution is 6.58. The Labute approximate surface area is 194 Å². The minimum absolute atomic E-state index is 0.0565. The van der Waals surface area contributed by atoms with Crippen LogP contribution >= 0.6 is 0 Å². The minimum atomic E-state index is -1.36. The van der Waals surface area contributed by atoms with Crippen molar-refractivity contribution in [2.24, 2.45) is 0 Å². The van der Waals surface area contributed by atoms with Crippen LogP contribution in [0.5, 0.6) is 0 Å². The van der Waals surface area contributed by atoms with E-state index < -0.39 is 9.28 Å². The fraction of sp³-hybridized carbons (Fsp3) is 1.00. The second kappa shape index (κ2) is 23.9. The molecule has 0 N–H and O–H groups in total. The molecule has 1 aliphatic heterocycles. The molecule has 1 rings (SSSR count). The first-order valence-corrected chi connectivity index (χ1v) is 16.8. The first-order valence-electron chi connectivity index (χ1n) is 10.4. The van der Waals surface area contributed by atoms with Crippen LogP contribution in [-0.2, 0) is 28.8 Å².